The van der Waals surface area contributed by atoms with Gasteiger partial charge in [0.1, 0.15) is 4.90 Å². The highest BCUT2D eigenvalue weighted by atomic mass is 35.5. The van der Waals surface area contributed by atoms with Crippen LogP contribution in [0, 0.1) is 5.82 Å². The summed E-state index contributed by atoms with van der Waals surface area (Å²) in [6.45, 7) is 0. The third-order valence-electron chi connectivity index (χ3n) is 2.79. The van der Waals surface area contributed by atoms with E-state index < -0.39 is 20.9 Å². The minimum Gasteiger partial charge on any atom is -0.328 e. The minimum atomic E-state index is -3.85. The van der Waals surface area contributed by atoms with Crippen LogP contribution in [-0.4, -0.2) is 20.5 Å². The fourth-order valence-corrected chi connectivity index (χ4v) is 3.76. The van der Waals surface area contributed by atoms with Crippen LogP contribution in [0.25, 0.3) is 0 Å². The Morgan fingerprint density at radius 2 is 1.94 bits per heavy atom. The van der Waals surface area contributed by atoms with Crippen molar-refractivity contribution in [3.63, 3.8) is 0 Å². The molecule has 0 atom stereocenters. The maximum Gasteiger partial charge on any atom is 0.242 e. The highest BCUT2D eigenvalue weighted by Gasteiger charge is 2.31. The van der Waals surface area contributed by atoms with Crippen molar-refractivity contribution < 1.29 is 12.8 Å². The lowest BCUT2D eigenvalue weighted by Gasteiger charge is -2.32. The summed E-state index contributed by atoms with van der Waals surface area (Å²) in [6, 6.07) is 2.12. The number of rotatable bonds is 3. The van der Waals surface area contributed by atoms with Crippen molar-refractivity contribution in [1.29, 1.82) is 0 Å². The molecule has 3 N–H and O–H groups in total. The summed E-state index contributed by atoms with van der Waals surface area (Å²) in [6.07, 6.45) is 1.12. The standard InChI is InChI=1S/C10H11Cl2FN2O2S/c11-7-1-2-8(9(12)10(7)13)18(16,17)15-6-3-5(14)4-6/h1-2,5-6,15H,3-4,14H2. The van der Waals surface area contributed by atoms with Crippen LogP contribution in [-0.2, 0) is 10.0 Å². The van der Waals surface area contributed by atoms with Gasteiger partial charge in [-0.3, -0.25) is 0 Å². The number of hydrogen-bond acceptors (Lipinski definition) is 3. The first-order valence-electron chi connectivity index (χ1n) is 5.22. The number of benzene rings is 1. The van der Waals surface area contributed by atoms with Crippen LogP contribution < -0.4 is 10.5 Å². The topological polar surface area (TPSA) is 72.2 Å². The summed E-state index contributed by atoms with van der Waals surface area (Å²) < 4.78 is 39.8. The van der Waals surface area contributed by atoms with E-state index in [-0.39, 0.29) is 22.0 Å². The molecule has 1 aliphatic carbocycles. The van der Waals surface area contributed by atoms with Crippen LogP contribution in [0.3, 0.4) is 0 Å². The van der Waals surface area contributed by atoms with E-state index in [1.165, 1.54) is 6.07 Å². The van der Waals surface area contributed by atoms with Crippen LogP contribution in [0.15, 0.2) is 17.0 Å². The van der Waals surface area contributed by atoms with Crippen molar-refractivity contribution in [1.82, 2.24) is 4.72 Å². The molecule has 0 bridgehead atoms. The number of nitrogens with one attached hydrogen (secondary N) is 1. The molecule has 1 aromatic rings. The molecule has 0 heterocycles. The number of sulfonamides is 1. The van der Waals surface area contributed by atoms with Gasteiger partial charge >= 0.3 is 0 Å². The van der Waals surface area contributed by atoms with Gasteiger partial charge in [0, 0.05) is 12.1 Å². The molecule has 0 spiro atoms. The zero-order valence-electron chi connectivity index (χ0n) is 9.16. The van der Waals surface area contributed by atoms with Crippen molar-refractivity contribution in [2.24, 2.45) is 5.73 Å². The predicted molar refractivity (Wildman–Crippen MR) is 67.7 cm³/mol. The summed E-state index contributed by atoms with van der Waals surface area (Å²) in [7, 11) is -3.85. The summed E-state index contributed by atoms with van der Waals surface area (Å²) in [5.41, 5.74) is 5.56. The highest BCUT2D eigenvalue weighted by Crippen LogP contribution is 2.30. The lowest BCUT2D eigenvalue weighted by atomic mass is 9.89. The Balaban J connectivity index is 2.27. The highest BCUT2D eigenvalue weighted by molar-refractivity contribution is 7.89. The van der Waals surface area contributed by atoms with E-state index in [0.29, 0.717) is 12.8 Å². The molecular formula is C10H11Cl2FN2O2S. The van der Waals surface area contributed by atoms with Crippen molar-refractivity contribution in [3.8, 4) is 0 Å². The van der Waals surface area contributed by atoms with Gasteiger partial charge in [-0.15, -0.1) is 0 Å². The van der Waals surface area contributed by atoms with E-state index in [2.05, 4.69) is 4.72 Å². The molecule has 0 saturated heterocycles. The summed E-state index contributed by atoms with van der Waals surface area (Å²) in [5, 5.41) is -0.719. The van der Waals surface area contributed by atoms with E-state index in [1.807, 2.05) is 0 Å². The Labute approximate surface area is 114 Å². The van der Waals surface area contributed by atoms with E-state index in [1.54, 1.807) is 0 Å². The van der Waals surface area contributed by atoms with Gasteiger partial charge in [0.2, 0.25) is 10.0 Å². The first-order valence-corrected chi connectivity index (χ1v) is 7.46. The maximum atomic E-state index is 13.4. The largest absolute Gasteiger partial charge is 0.328 e. The molecule has 0 aromatic heterocycles. The zero-order valence-corrected chi connectivity index (χ0v) is 11.5. The van der Waals surface area contributed by atoms with Crippen molar-refractivity contribution in [2.45, 2.75) is 29.8 Å². The van der Waals surface area contributed by atoms with E-state index in [4.69, 9.17) is 28.9 Å². The predicted octanol–water partition coefficient (Wildman–Crippen LogP) is 1.90. The first-order chi connectivity index (χ1) is 8.31. The van der Waals surface area contributed by atoms with Crippen LogP contribution in [0.1, 0.15) is 12.8 Å². The van der Waals surface area contributed by atoms with Gasteiger partial charge in [-0.05, 0) is 25.0 Å². The van der Waals surface area contributed by atoms with Crippen LogP contribution in [0.2, 0.25) is 10.0 Å². The Kier molecular flexibility index (Phi) is 3.85. The van der Waals surface area contributed by atoms with Crippen LogP contribution in [0.5, 0.6) is 0 Å². The molecule has 100 valence electrons. The fourth-order valence-electron chi connectivity index (χ4n) is 1.76. The van der Waals surface area contributed by atoms with Gasteiger partial charge in [-0.2, -0.15) is 0 Å². The molecule has 1 aliphatic rings. The lowest BCUT2D eigenvalue weighted by Crippen LogP contribution is -2.50. The van der Waals surface area contributed by atoms with Crippen molar-refractivity contribution in [3.05, 3.63) is 28.0 Å². The Morgan fingerprint density at radius 1 is 1.33 bits per heavy atom. The number of hydrogen-bond donors (Lipinski definition) is 2. The summed E-state index contributed by atoms with van der Waals surface area (Å²) in [5.74, 6) is -0.938. The molecule has 0 radical (unpaired) electrons. The molecule has 1 fully saturated rings. The quantitative estimate of drug-likeness (QED) is 0.837. The minimum absolute atomic E-state index is 0.00938. The SMILES string of the molecule is NC1CC(NS(=O)(=O)c2ccc(Cl)c(F)c2Cl)C1. The van der Waals surface area contributed by atoms with E-state index in [0.717, 1.165) is 6.07 Å². The second-order valence-corrected chi connectivity index (χ2v) is 6.69. The molecule has 4 nitrogen and oxygen atoms in total. The third-order valence-corrected chi connectivity index (χ3v) is 5.12. The van der Waals surface area contributed by atoms with Gasteiger partial charge in [0.15, 0.2) is 5.82 Å². The third kappa shape index (κ3) is 2.62. The molecule has 1 saturated carbocycles. The summed E-state index contributed by atoms with van der Waals surface area (Å²) in [4.78, 5) is -0.313. The monoisotopic (exact) mass is 312 g/mol. The normalized spacial score (nSPS) is 23.8. The number of nitrogens with two attached hydrogens (primary N) is 1. The van der Waals surface area contributed by atoms with Gasteiger partial charge in [-0.1, -0.05) is 23.2 Å². The smallest absolute Gasteiger partial charge is 0.242 e. The molecule has 0 amide bonds. The molecule has 8 heteroatoms. The van der Waals surface area contributed by atoms with Crippen LogP contribution >= 0.6 is 23.2 Å². The summed E-state index contributed by atoms with van der Waals surface area (Å²) >= 11 is 11.2. The zero-order chi connectivity index (χ0) is 13.5. The van der Waals surface area contributed by atoms with E-state index >= 15 is 0 Å². The molecule has 1 aromatic carbocycles. The number of halogens is 3. The fraction of sp³-hybridized carbons (Fsp3) is 0.400. The molecule has 0 unspecified atom stereocenters. The van der Waals surface area contributed by atoms with Gasteiger partial charge in [0.05, 0.1) is 10.0 Å². The second-order valence-electron chi connectivity index (χ2n) is 4.22. The van der Waals surface area contributed by atoms with Gasteiger partial charge in [-0.25, -0.2) is 17.5 Å². The van der Waals surface area contributed by atoms with Crippen LogP contribution in [0.4, 0.5) is 4.39 Å². The van der Waals surface area contributed by atoms with Crippen molar-refractivity contribution >= 4 is 33.2 Å². The molecule has 18 heavy (non-hydrogen) atoms. The Hall–Kier alpha value is -0.400. The Bertz CT molecular complexity index is 573. The maximum absolute atomic E-state index is 13.4. The lowest BCUT2D eigenvalue weighted by molar-refractivity contribution is 0.327. The van der Waals surface area contributed by atoms with Gasteiger partial charge < -0.3 is 5.73 Å². The first kappa shape index (κ1) is 14.0. The van der Waals surface area contributed by atoms with Crippen molar-refractivity contribution in [2.75, 3.05) is 0 Å². The molecule has 2 rings (SSSR count). The second kappa shape index (κ2) is 4.94. The molecule has 0 aliphatic heterocycles. The van der Waals surface area contributed by atoms with Gasteiger partial charge in [0.25, 0.3) is 0 Å². The average Bonchev–Trinajstić information content (AvgIpc) is 2.23. The average molecular weight is 313 g/mol. The Morgan fingerprint density at radius 3 is 2.50 bits per heavy atom. The van der Waals surface area contributed by atoms with E-state index in [9.17, 15) is 12.8 Å². The molecular weight excluding hydrogens is 302 g/mol.